The highest BCUT2D eigenvalue weighted by atomic mass is 16.5. The summed E-state index contributed by atoms with van der Waals surface area (Å²) in [5.41, 5.74) is 3.83. The summed E-state index contributed by atoms with van der Waals surface area (Å²) in [5, 5.41) is 0. The van der Waals surface area contributed by atoms with E-state index in [1.54, 1.807) is 0 Å². The molecule has 1 aliphatic carbocycles. The van der Waals surface area contributed by atoms with Crippen LogP contribution in [0.4, 0.5) is 0 Å². The lowest BCUT2D eigenvalue weighted by Gasteiger charge is -2.19. The van der Waals surface area contributed by atoms with Gasteiger partial charge in [0.25, 0.3) is 0 Å². The summed E-state index contributed by atoms with van der Waals surface area (Å²) in [7, 11) is 0. The molecule has 0 spiro atoms. The highest BCUT2D eigenvalue weighted by Gasteiger charge is 2.15. The Morgan fingerprint density at radius 1 is 1.22 bits per heavy atom. The molecule has 0 unspecified atom stereocenters. The molecule has 0 amide bonds. The Labute approximate surface area is 140 Å². The fourth-order valence-electron chi connectivity index (χ4n) is 3.46. The van der Waals surface area contributed by atoms with E-state index in [4.69, 9.17) is 9.73 Å². The van der Waals surface area contributed by atoms with E-state index in [9.17, 15) is 0 Å². The molecule has 0 bridgehead atoms. The molecule has 1 heterocycles. The number of allylic oxidation sites excluding steroid dienone is 2. The average Bonchev–Trinajstić information content (AvgIpc) is 2.58. The van der Waals surface area contributed by atoms with E-state index in [1.165, 1.54) is 43.2 Å². The smallest absolute Gasteiger partial charge is 0.119 e. The quantitative estimate of drug-likeness (QED) is 0.732. The predicted octanol–water partition coefficient (Wildman–Crippen LogP) is 5.20. The summed E-state index contributed by atoms with van der Waals surface area (Å²) >= 11 is 0. The third-order valence-electron chi connectivity index (χ3n) is 4.78. The van der Waals surface area contributed by atoms with Crippen LogP contribution in [-0.4, -0.2) is 18.9 Å². The number of hydrogen-bond acceptors (Lipinski definition) is 2. The van der Waals surface area contributed by atoms with Gasteiger partial charge in [-0.25, -0.2) is 0 Å². The van der Waals surface area contributed by atoms with Crippen LogP contribution in [0.1, 0.15) is 57.1 Å². The second kappa shape index (κ2) is 7.81. The molecule has 1 fully saturated rings. The molecular formula is C21H29NO. The normalized spacial score (nSPS) is 19.0. The van der Waals surface area contributed by atoms with E-state index in [-0.39, 0.29) is 0 Å². The second-order valence-electron chi connectivity index (χ2n) is 7.30. The van der Waals surface area contributed by atoms with E-state index < -0.39 is 0 Å². The summed E-state index contributed by atoms with van der Waals surface area (Å²) in [6, 6.07) is 6.49. The SMILES string of the molecule is CC(C)COc1ccc2c(c1)CCN=C2C=CC1CCCCC1. The zero-order valence-electron chi connectivity index (χ0n) is 14.6. The number of rotatable bonds is 5. The molecule has 0 N–H and O–H groups in total. The number of fused-ring (bicyclic) bond motifs is 1. The first-order valence-corrected chi connectivity index (χ1v) is 9.21. The van der Waals surface area contributed by atoms with Crippen LogP contribution in [0.5, 0.6) is 5.75 Å². The summed E-state index contributed by atoms with van der Waals surface area (Å²) in [4.78, 5) is 4.75. The van der Waals surface area contributed by atoms with Gasteiger partial charge < -0.3 is 4.74 Å². The third-order valence-corrected chi connectivity index (χ3v) is 4.78. The zero-order valence-corrected chi connectivity index (χ0v) is 14.6. The van der Waals surface area contributed by atoms with Gasteiger partial charge in [-0.05, 0) is 60.9 Å². The Morgan fingerprint density at radius 2 is 2.04 bits per heavy atom. The summed E-state index contributed by atoms with van der Waals surface area (Å²) < 4.78 is 5.87. The van der Waals surface area contributed by atoms with Gasteiger partial charge in [-0.3, -0.25) is 4.99 Å². The molecule has 0 atom stereocenters. The van der Waals surface area contributed by atoms with E-state index in [2.05, 4.69) is 44.2 Å². The third kappa shape index (κ3) is 4.46. The molecule has 1 aromatic rings. The molecule has 3 rings (SSSR count). The fraction of sp³-hybridized carbons (Fsp3) is 0.571. The first-order chi connectivity index (χ1) is 11.2. The molecule has 1 aliphatic heterocycles. The second-order valence-corrected chi connectivity index (χ2v) is 7.30. The van der Waals surface area contributed by atoms with Gasteiger partial charge in [-0.15, -0.1) is 0 Å². The highest BCUT2D eigenvalue weighted by Crippen LogP contribution is 2.26. The lowest BCUT2D eigenvalue weighted by Crippen LogP contribution is -2.12. The largest absolute Gasteiger partial charge is 0.493 e. The Bertz CT molecular complexity index is 580. The number of nitrogens with zero attached hydrogens (tertiary/aromatic N) is 1. The van der Waals surface area contributed by atoms with E-state index in [0.29, 0.717) is 5.92 Å². The molecule has 1 saturated carbocycles. The van der Waals surface area contributed by atoms with Gasteiger partial charge in [-0.1, -0.05) is 39.2 Å². The Balaban J connectivity index is 1.70. The van der Waals surface area contributed by atoms with Crippen molar-refractivity contribution in [1.82, 2.24) is 0 Å². The standard InChI is InChI=1S/C21H29NO/c1-16(2)15-23-19-9-10-20-18(14-19)12-13-22-21(20)11-8-17-6-4-3-5-7-17/h8-11,14,16-17H,3-7,12-13,15H2,1-2H3. The van der Waals surface area contributed by atoms with Crippen molar-refractivity contribution in [3.63, 3.8) is 0 Å². The van der Waals surface area contributed by atoms with Crippen LogP contribution in [0.15, 0.2) is 35.3 Å². The first kappa shape index (κ1) is 16.3. The predicted molar refractivity (Wildman–Crippen MR) is 97.6 cm³/mol. The topological polar surface area (TPSA) is 21.6 Å². The van der Waals surface area contributed by atoms with Crippen molar-refractivity contribution < 1.29 is 4.74 Å². The van der Waals surface area contributed by atoms with Gasteiger partial charge in [0.05, 0.1) is 12.3 Å². The Morgan fingerprint density at radius 3 is 2.83 bits per heavy atom. The summed E-state index contributed by atoms with van der Waals surface area (Å²) in [6.07, 6.45) is 12.6. The van der Waals surface area contributed by atoms with Crippen LogP contribution < -0.4 is 4.74 Å². The summed E-state index contributed by atoms with van der Waals surface area (Å²) in [6.45, 7) is 6.03. The van der Waals surface area contributed by atoms with Crippen LogP contribution in [0.3, 0.4) is 0 Å². The lowest BCUT2D eigenvalue weighted by molar-refractivity contribution is 0.271. The number of aliphatic imine (C=N–C) groups is 1. The zero-order chi connectivity index (χ0) is 16.1. The lowest BCUT2D eigenvalue weighted by atomic mass is 9.88. The van der Waals surface area contributed by atoms with E-state index in [1.807, 2.05) is 0 Å². The van der Waals surface area contributed by atoms with Gasteiger partial charge in [0.2, 0.25) is 0 Å². The Kier molecular flexibility index (Phi) is 5.53. The van der Waals surface area contributed by atoms with E-state index >= 15 is 0 Å². The van der Waals surface area contributed by atoms with Crippen molar-refractivity contribution in [2.24, 2.45) is 16.8 Å². The molecule has 2 nitrogen and oxygen atoms in total. The maximum absolute atomic E-state index is 5.87. The van der Waals surface area contributed by atoms with E-state index in [0.717, 1.165) is 37.0 Å². The molecule has 0 radical (unpaired) electrons. The van der Waals surface area contributed by atoms with Crippen LogP contribution in [0.2, 0.25) is 0 Å². The van der Waals surface area contributed by atoms with Crippen LogP contribution in [0.25, 0.3) is 0 Å². The van der Waals surface area contributed by atoms with Crippen molar-refractivity contribution in [2.45, 2.75) is 52.4 Å². The van der Waals surface area contributed by atoms with Gasteiger partial charge >= 0.3 is 0 Å². The van der Waals surface area contributed by atoms with Gasteiger partial charge in [0.1, 0.15) is 5.75 Å². The Hall–Kier alpha value is -1.57. The molecule has 1 aromatic carbocycles. The molecule has 2 aliphatic rings. The minimum atomic E-state index is 0.557. The minimum Gasteiger partial charge on any atom is -0.493 e. The molecule has 2 heteroatoms. The maximum atomic E-state index is 5.87. The van der Waals surface area contributed by atoms with Crippen LogP contribution in [-0.2, 0) is 6.42 Å². The molecule has 0 aromatic heterocycles. The van der Waals surface area contributed by atoms with Crippen molar-refractivity contribution in [1.29, 1.82) is 0 Å². The van der Waals surface area contributed by atoms with Gasteiger partial charge in [0.15, 0.2) is 0 Å². The minimum absolute atomic E-state index is 0.557. The molecule has 0 saturated heterocycles. The van der Waals surface area contributed by atoms with Gasteiger partial charge in [-0.2, -0.15) is 0 Å². The molecular weight excluding hydrogens is 282 g/mol. The number of ether oxygens (including phenoxy) is 1. The van der Waals surface area contributed by atoms with Gasteiger partial charge in [0, 0.05) is 12.1 Å². The number of hydrogen-bond donors (Lipinski definition) is 0. The van der Waals surface area contributed by atoms with Crippen LogP contribution in [0, 0.1) is 11.8 Å². The first-order valence-electron chi connectivity index (χ1n) is 9.21. The van der Waals surface area contributed by atoms with Crippen molar-refractivity contribution >= 4 is 5.71 Å². The van der Waals surface area contributed by atoms with Crippen molar-refractivity contribution in [3.8, 4) is 5.75 Å². The molecule has 23 heavy (non-hydrogen) atoms. The fourth-order valence-corrected chi connectivity index (χ4v) is 3.46. The van der Waals surface area contributed by atoms with Crippen molar-refractivity contribution in [2.75, 3.05) is 13.2 Å². The maximum Gasteiger partial charge on any atom is 0.119 e. The van der Waals surface area contributed by atoms with Crippen molar-refractivity contribution in [3.05, 3.63) is 41.5 Å². The summed E-state index contributed by atoms with van der Waals surface area (Å²) in [5.74, 6) is 2.31. The highest BCUT2D eigenvalue weighted by molar-refractivity contribution is 6.10. The monoisotopic (exact) mass is 311 g/mol. The number of benzene rings is 1. The average molecular weight is 311 g/mol. The van der Waals surface area contributed by atoms with Crippen LogP contribution >= 0.6 is 0 Å². The molecule has 124 valence electrons.